The maximum atomic E-state index is 12.6. The van der Waals surface area contributed by atoms with E-state index < -0.39 is 51.1 Å². The summed E-state index contributed by atoms with van der Waals surface area (Å²) in [4.78, 5) is 46.0. The second-order valence-corrected chi connectivity index (χ2v) is 15.9. The van der Waals surface area contributed by atoms with Crippen LogP contribution in [0.5, 0.6) is 0 Å². The Hall–Kier alpha value is -2.82. The summed E-state index contributed by atoms with van der Waals surface area (Å²) in [5.41, 5.74) is 5.33. The standard InChI is InChI=1S/C45H78NO10P/c1-3-5-7-9-11-13-15-17-19-20-21-22-23-25-27-29-31-33-35-37-44(48)56-41(39-54-57(51,52)55-40-42(46)45(49)50)38-53-43(47)36-34-32-30-28-26-24-18-16-14-12-10-8-6-4-2/h5,7,11,13,16-19,21-22,41-42H,3-4,6,8-10,12,14-15,20,23-40,46H2,1-2H3,(H,49,50)(H,51,52)/b7-5-,13-11-,18-16-,19-17-,22-21-. The minimum Gasteiger partial charge on any atom is -0.480 e. The smallest absolute Gasteiger partial charge is 0.472 e. The zero-order valence-electron chi connectivity index (χ0n) is 35.4. The molecule has 0 bridgehead atoms. The van der Waals surface area contributed by atoms with Gasteiger partial charge >= 0.3 is 25.7 Å². The highest BCUT2D eigenvalue weighted by Crippen LogP contribution is 2.43. The summed E-state index contributed by atoms with van der Waals surface area (Å²) in [6, 6.07) is -1.53. The number of carboxylic acids is 1. The van der Waals surface area contributed by atoms with E-state index in [0.717, 1.165) is 103 Å². The van der Waals surface area contributed by atoms with Crippen LogP contribution in [-0.4, -0.2) is 59.9 Å². The molecule has 0 amide bonds. The number of carbonyl (C=O) groups is 3. The molecule has 4 N–H and O–H groups in total. The van der Waals surface area contributed by atoms with Crippen molar-refractivity contribution in [3.63, 3.8) is 0 Å². The molecule has 328 valence electrons. The topological polar surface area (TPSA) is 172 Å². The van der Waals surface area contributed by atoms with E-state index in [1.54, 1.807) is 0 Å². The molecule has 3 unspecified atom stereocenters. The van der Waals surface area contributed by atoms with Gasteiger partial charge in [0.15, 0.2) is 6.10 Å². The van der Waals surface area contributed by atoms with Gasteiger partial charge in [-0.1, -0.05) is 145 Å². The van der Waals surface area contributed by atoms with Gasteiger partial charge in [-0.2, -0.15) is 0 Å². The highest BCUT2D eigenvalue weighted by molar-refractivity contribution is 7.47. The van der Waals surface area contributed by atoms with Gasteiger partial charge in [-0.3, -0.25) is 23.4 Å². The van der Waals surface area contributed by atoms with E-state index in [4.69, 9.17) is 24.8 Å². The fourth-order valence-corrected chi connectivity index (χ4v) is 6.36. The van der Waals surface area contributed by atoms with Crippen LogP contribution in [0.4, 0.5) is 0 Å². The van der Waals surface area contributed by atoms with E-state index >= 15 is 0 Å². The second kappa shape index (κ2) is 40.0. The lowest BCUT2D eigenvalue weighted by molar-refractivity contribution is -0.161. The van der Waals surface area contributed by atoms with Gasteiger partial charge in [0.25, 0.3) is 0 Å². The van der Waals surface area contributed by atoms with Crippen LogP contribution < -0.4 is 5.73 Å². The zero-order valence-corrected chi connectivity index (χ0v) is 36.3. The number of aliphatic carboxylic acids is 1. The lowest BCUT2D eigenvalue weighted by Gasteiger charge is -2.20. The lowest BCUT2D eigenvalue weighted by Crippen LogP contribution is -2.34. The average molecular weight is 824 g/mol. The van der Waals surface area contributed by atoms with E-state index in [1.165, 1.54) is 32.1 Å². The van der Waals surface area contributed by atoms with Gasteiger partial charge < -0.3 is 25.2 Å². The molecule has 0 spiro atoms. The van der Waals surface area contributed by atoms with Crippen LogP contribution in [-0.2, 0) is 37.5 Å². The molecule has 0 heterocycles. The Labute approximate surface area is 345 Å². The number of hydrogen-bond donors (Lipinski definition) is 3. The van der Waals surface area contributed by atoms with Gasteiger partial charge in [-0.05, 0) is 77.0 Å². The van der Waals surface area contributed by atoms with Crippen molar-refractivity contribution in [2.24, 2.45) is 5.73 Å². The molecule has 11 nitrogen and oxygen atoms in total. The first-order valence-corrected chi connectivity index (χ1v) is 23.3. The van der Waals surface area contributed by atoms with Crippen molar-refractivity contribution in [3.8, 4) is 0 Å². The summed E-state index contributed by atoms with van der Waals surface area (Å²) in [5.74, 6) is -2.41. The average Bonchev–Trinajstić information content (AvgIpc) is 3.19. The predicted octanol–water partition coefficient (Wildman–Crippen LogP) is 11.6. The number of allylic oxidation sites excluding steroid dienone is 10. The van der Waals surface area contributed by atoms with Crippen LogP contribution in [0, 0.1) is 0 Å². The number of phosphoric acid groups is 1. The van der Waals surface area contributed by atoms with Crippen molar-refractivity contribution in [3.05, 3.63) is 60.8 Å². The summed E-state index contributed by atoms with van der Waals surface area (Å²) in [7, 11) is -4.72. The minimum atomic E-state index is -4.72. The van der Waals surface area contributed by atoms with Crippen LogP contribution in [0.1, 0.15) is 174 Å². The van der Waals surface area contributed by atoms with E-state index in [0.29, 0.717) is 12.8 Å². The predicted molar refractivity (Wildman–Crippen MR) is 231 cm³/mol. The SMILES string of the molecule is CC/C=C\C/C=C\C/C=C\C/C=C\CCCCCCCCC(=O)OC(COC(=O)CCCCCCC/C=C\CCCCCCC)COP(=O)(O)OCC(N)C(=O)O. The van der Waals surface area contributed by atoms with Gasteiger partial charge in [0.1, 0.15) is 12.6 Å². The van der Waals surface area contributed by atoms with Crippen LogP contribution in [0.25, 0.3) is 0 Å². The molecule has 0 saturated heterocycles. The number of phosphoric ester groups is 1. The first kappa shape index (κ1) is 54.2. The number of nitrogens with two attached hydrogens (primary N) is 1. The van der Waals surface area contributed by atoms with Crippen molar-refractivity contribution < 1.29 is 47.5 Å². The summed E-state index contributed by atoms with van der Waals surface area (Å²) < 4.78 is 32.7. The van der Waals surface area contributed by atoms with Crippen molar-refractivity contribution >= 4 is 25.7 Å². The third-order valence-corrected chi connectivity index (χ3v) is 9.95. The molecule has 0 fully saturated rings. The Morgan fingerprint density at radius 3 is 1.49 bits per heavy atom. The van der Waals surface area contributed by atoms with Gasteiger partial charge in [-0.15, -0.1) is 0 Å². The highest BCUT2D eigenvalue weighted by Gasteiger charge is 2.28. The van der Waals surface area contributed by atoms with Crippen LogP contribution >= 0.6 is 7.82 Å². The van der Waals surface area contributed by atoms with Gasteiger partial charge in [0, 0.05) is 12.8 Å². The largest absolute Gasteiger partial charge is 0.480 e. The third-order valence-electron chi connectivity index (χ3n) is 9.00. The number of rotatable bonds is 40. The van der Waals surface area contributed by atoms with Crippen molar-refractivity contribution in [1.82, 2.24) is 0 Å². The molecule has 0 aromatic rings. The van der Waals surface area contributed by atoms with E-state index in [1.807, 2.05) is 0 Å². The fraction of sp³-hybridized carbons (Fsp3) is 0.711. The number of esters is 2. The Bertz CT molecular complexity index is 1200. The molecular weight excluding hydrogens is 745 g/mol. The number of ether oxygens (including phenoxy) is 2. The van der Waals surface area contributed by atoms with Crippen LogP contribution in [0.2, 0.25) is 0 Å². The molecule has 12 heteroatoms. The molecule has 0 aromatic carbocycles. The summed E-state index contributed by atoms with van der Waals surface area (Å²) in [6.45, 7) is 2.65. The molecule has 0 aliphatic carbocycles. The van der Waals surface area contributed by atoms with E-state index in [9.17, 15) is 23.8 Å². The Kier molecular flexibility index (Phi) is 38.0. The molecule has 57 heavy (non-hydrogen) atoms. The quantitative estimate of drug-likeness (QED) is 0.0232. The summed E-state index contributed by atoms with van der Waals surface area (Å²) in [5, 5.41) is 8.89. The molecule has 0 saturated carbocycles. The summed E-state index contributed by atoms with van der Waals surface area (Å²) in [6.07, 6.45) is 45.6. The number of hydrogen-bond acceptors (Lipinski definition) is 9. The molecule has 0 aliphatic heterocycles. The van der Waals surface area contributed by atoms with Gasteiger partial charge in [0.2, 0.25) is 0 Å². The second-order valence-electron chi connectivity index (χ2n) is 14.4. The van der Waals surface area contributed by atoms with E-state index in [2.05, 4.69) is 79.1 Å². The minimum absolute atomic E-state index is 0.141. The monoisotopic (exact) mass is 824 g/mol. The maximum Gasteiger partial charge on any atom is 0.472 e. The molecule has 0 rings (SSSR count). The Morgan fingerprint density at radius 2 is 0.982 bits per heavy atom. The molecule has 0 aromatic heterocycles. The van der Waals surface area contributed by atoms with Crippen molar-refractivity contribution in [2.45, 2.75) is 187 Å². The van der Waals surface area contributed by atoms with Crippen LogP contribution in [0.15, 0.2) is 60.8 Å². The molecule has 0 radical (unpaired) electrons. The van der Waals surface area contributed by atoms with Crippen molar-refractivity contribution in [1.29, 1.82) is 0 Å². The highest BCUT2D eigenvalue weighted by atomic mass is 31.2. The molecule has 3 atom stereocenters. The van der Waals surface area contributed by atoms with E-state index in [-0.39, 0.29) is 19.4 Å². The van der Waals surface area contributed by atoms with Gasteiger partial charge in [-0.25, -0.2) is 4.57 Å². The normalized spacial score (nSPS) is 14.3. The third kappa shape index (κ3) is 39.8. The Balaban J connectivity index is 4.40. The molecular formula is C45H78NO10P. The number of carbonyl (C=O) groups excluding carboxylic acids is 2. The van der Waals surface area contributed by atoms with Crippen LogP contribution in [0.3, 0.4) is 0 Å². The number of carboxylic acid groups (broad SMARTS) is 1. The van der Waals surface area contributed by atoms with Crippen molar-refractivity contribution in [2.75, 3.05) is 19.8 Å². The Morgan fingerprint density at radius 1 is 0.561 bits per heavy atom. The lowest BCUT2D eigenvalue weighted by atomic mass is 10.1. The van der Waals surface area contributed by atoms with Gasteiger partial charge in [0.05, 0.1) is 13.2 Å². The fourth-order valence-electron chi connectivity index (χ4n) is 5.58. The number of unbranched alkanes of at least 4 members (excludes halogenated alkanes) is 16. The zero-order chi connectivity index (χ0) is 42.1. The first-order valence-electron chi connectivity index (χ1n) is 21.8. The summed E-state index contributed by atoms with van der Waals surface area (Å²) >= 11 is 0. The first-order chi connectivity index (χ1) is 27.6. The maximum absolute atomic E-state index is 12.6. The molecule has 0 aliphatic rings.